The first-order valence-corrected chi connectivity index (χ1v) is 9.25. The Kier molecular flexibility index (Phi) is 4.43. The summed E-state index contributed by atoms with van der Waals surface area (Å²) in [6.07, 6.45) is 7.93. The van der Waals surface area contributed by atoms with Gasteiger partial charge in [0, 0.05) is 59.1 Å². The molecule has 2 aliphatic heterocycles. The van der Waals surface area contributed by atoms with E-state index in [9.17, 15) is 5.11 Å². The lowest BCUT2D eigenvalue weighted by atomic mass is 9.93. The maximum atomic E-state index is 10.9. The molecule has 4 rings (SSSR count). The third-order valence-electron chi connectivity index (χ3n) is 5.56. The molecule has 0 radical (unpaired) electrons. The second-order valence-electron chi connectivity index (χ2n) is 7.65. The topological polar surface area (TPSA) is 53.2 Å². The average Bonchev–Trinajstić information content (AvgIpc) is 3.22. The number of ether oxygens (including phenoxy) is 1. The molecule has 136 valence electrons. The van der Waals surface area contributed by atoms with E-state index in [0.717, 1.165) is 49.3 Å². The summed E-state index contributed by atoms with van der Waals surface area (Å²) in [5.41, 5.74) is 1.60. The quantitative estimate of drug-likeness (QED) is 0.920. The van der Waals surface area contributed by atoms with Crippen molar-refractivity contribution in [3.05, 3.63) is 30.2 Å². The second kappa shape index (κ2) is 6.59. The highest BCUT2D eigenvalue weighted by atomic mass is 16.5. The Balaban J connectivity index is 1.62. The number of hydrogen-bond donors (Lipinski definition) is 1. The fourth-order valence-electron chi connectivity index (χ4n) is 4.17. The van der Waals surface area contributed by atoms with Gasteiger partial charge in [-0.1, -0.05) is 0 Å². The number of β-amino-alcohol motifs (C(OH)–C–C–N with tert-alkyl or cyclic N) is 1. The van der Waals surface area contributed by atoms with Crippen LogP contribution in [0.5, 0.6) is 0 Å². The normalized spacial score (nSPS) is 24.0. The van der Waals surface area contributed by atoms with Gasteiger partial charge in [-0.2, -0.15) is 0 Å². The van der Waals surface area contributed by atoms with E-state index in [-0.39, 0.29) is 6.04 Å². The molecule has 2 saturated heterocycles. The van der Waals surface area contributed by atoms with Gasteiger partial charge in [0.15, 0.2) is 5.82 Å². The molecule has 4 heterocycles. The lowest BCUT2D eigenvalue weighted by Crippen LogP contribution is -2.46. The molecule has 2 aromatic heterocycles. The van der Waals surface area contributed by atoms with Gasteiger partial charge in [0.05, 0.1) is 22.9 Å². The number of anilines is 1. The molecule has 0 unspecified atom stereocenters. The first kappa shape index (κ1) is 16.8. The van der Waals surface area contributed by atoms with Gasteiger partial charge in [-0.25, -0.2) is 4.98 Å². The fourth-order valence-corrected chi connectivity index (χ4v) is 4.17. The molecular formula is C19H28N4O2. The van der Waals surface area contributed by atoms with Gasteiger partial charge in [-0.15, -0.1) is 0 Å². The minimum absolute atomic E-state index is 0.275. The molecule has 0 spiro atoms. The SMILES string of the molecule is CN(C)c1nc([C@H]2CCCN2CC2(O)CCOCC2)cn2cccc12. The smallest absolute Gasteiger partial charge is 0.152 e. The van der Waals surface area contributed by atoms with Gasteiger partial charge < -0.3 is 19.1 Å². The summed E-state index contributed by atoms with van der Waals surface area (Å²) >= 11 is 0. The number of rotatable bonds is 4. The summed E-state index contributed by atoms with van der Waals surface area (Å²) in [6.45, 7) is 3.06. The second-order valence-corrected chi connectivity index (χ2v) is 7.65. The van der Waals surface area contributed by atoms with E-state index in [1.54, 1.807) is 0 Å². The van der Waals surface area contributed by atoms with Gasteiger partial charge in [-0.3, -0.25) is 4.90 Å². The Hall–Kier alpha value is -1.63. The third kappa shape index (κ3) is 3.26. The van der Waals surface area contributed by atoms with Gasteiger partial charge in [0.2, 0.25) is 0 Å². The van der Waals surface area contributed by atoms with E-state index < -0.39 is 5.60 Å². The van der Waals surface area contributed by atoms with Crippen LogP contribution >= 0.6 is 0 Å². The number of likely N-dealkylation sites (tertiary alicyclic amines) is 1. The van der Waals surface area contributed by atoms with E-state index in [4.69, 9.17) is 9.72 Å². The molecular weight excluding hydrogens is 316 g/mol. The van der Waals surface area contributed by atoms with Crippen molar-refractivity contribution in [1.82, 2.24) is 14.3 Å². The van der Waals surface area contributed by atoms with Crippen molar-refractivity contribution in [3.63, 3.8) is 0 Å². The summed E-state index contributed by atoms with van der Waals surface area (Å²) in [5, 5.41) is 10.9. The van der Waals surface area contributed by atoms with Crippen LogP contribution in [0.3, 0.4) is 0 Å². The van der Waals surface area contributed by atoms with Crippen molar-refractivity contribution < 1.29 is 9.84 Å². The third-order valence-corrected chi connectivity index (χ3v) is 5.56. The molecule has 0 bridgehead atoms. The van der Waals surface area contributed by atoms with Gasteiger partial charge in [-0.05, 0) is 31.5 Å². The Labute approximate surface area is 149 Å². The zero-order chi connectivity index (χ0) is 17.4. The van der Waals surface area contributed by atoms with Crippen LogP contribution < -0.4 is 4.90 Å². The summed E-state index contributed by atoms with van der Waals surface area (Å²) in [4.78, 5) is 9.47. The molecule has 0 aromatic carbocycles. The number of aromatic nitrogens is 2. The predicted octanol–water partition coefficient (Wildman–Crippen LogP) is 2.08. The van der Waals surface area contributed by atoms with Crippen molar-refractivity contribution >= 4 is 11.3 Å². The van der Waals surface area contributed by atoms with E-state index in [2.05, 4.69) is 38.7 Å². The van der Waals surface area contributed by atoms with Crippen LogP contribution in [-0.4, -0.2) is 65.4 Å². The zero-order valence-corrected chi connectivity index (χ0v) is 15.2. The standard InChI is InChI=1S/C19H28N4O2/c1-21(2)18-17-6-4-9-22(17)13-15(20-18)16-5-3-10-23(16)14-19(24)7-11-25-12-8-19/h4,6,9,13,16,24H,3,5,7-8,10-12,14H2,1-2H3/t16-/m1/s1. The number of nitrogens with zero attached hydrogens (tertiary/aromatic N) is 4. The minimum Gasteiger partial charge on any atom is -0.388 e. The van der Waals surface area contributed by atoms with E-state index in [1.807, 2.05) is 14.1 Å². The van der Waals surface area contributed by atoms with Crippen molar-refractivity contribution in [2.75, 3.05) is 45.3 Å². The fraction of sp³-hybridized carbons (Fsp3) is 0.632. The van der Waals surface area contributed by atoms with Crippen molar-refractivity contribution in [2.24, 2.45) is 0 Å². The molecule has 2 aromatic rings. The van der Waals surface area contributed by atoms with E-state index in [0.29, 0.717) is 19.8 Å². The van der Waals surface area contributed by atoms with Crippen LogP contribution in [0.4, 0.5) is 5.82 Å². The Morgan fingerprint density at radius 3 is 2.92 bits per heavy atom. The number of aliphatic hydroxyl groups is 1. The van der Waals surface area contributed by atoms with Crippen LogP contribution in [0.2, 0.25) is 0 Å². The molecule has 0 saturated carbocycles. The van der Waals surface area contributed by atoms with Gasteiger partial charge >= 0.3 is 0 Å². The largest absolute Gasteiger partial charge is 0.388 e. The molecule has 2 fully saturated rings. The Bertz CT molecular complexity index is 736. The maximum Gasteiger partial charge on any atom is 0.152 e. The first-order chi connectivity index (χ1) is 12.1. The van der Waals surface area contributed by atoms with Crippen LogP contribution in [-0.2, 0) is 4.74 Å². The number of fused-ring (bicyclic) bond motifs is 1. The highest BCUT2D eigenvalue weighted by Gasteiger charge is 2.37. The first-order valence-electron chi connectivity index (χ1n) is 9.25. The maximum absolute atomic E-state index is 10.9. The predicted molar refractivity (Wildman–Crippen MR) is 98.1 cm³/mol. The van der Waals surface area contributed by atoms with Crippen molar-refractivity contribution in [3.8, 4) is 0 Å². The van der Waals surface area contributed by atoms with Gasteiger partial charge in [0.25, 0.3) is 0 Å². The Morgan fingerprint density at radius 1 is 1.36 bits per heavy atom. The summed E-state index contributed by atoms with van der Waals surface area (Å²) < 4.78 is 7.59. The zero-order valence-electron chi connectivity index (χ0n) is 15.2. The minimum atomic E-state index is -0.622. The van der Waals surface area contributed by atoms with Crippen LogP contribution in [0, 0.1) is 0 Å². The van der Waals surface area contributed by atoms with E-state index in [1.165, 1.54) is 0 Å². The summed E-state index contributed by atoms with van der Waals surface area (Å²) in [7, 11) is 4.08. The Morgan fingerprint density at radius 2 is 2.16 bits per heavy atom. The van der Waals surface area contributed by atoms with Crippen molar-refractivity contribution in [1.29, 1.82) is 0 Å². The average molecular weight is 344 g/mol. The van der Waals surface area contributed by atoms with Crippen molar-refractivity contribution in [2.45, 2.75) is 37.3 Å². The molecule has 0 aliphatic carbocycles. The lowest BCUT2D eigenvalue weighted by molar-refractivity contribution is -0.0817. The van der Waals surface area contributed by atoms with E-state index >= 15 is 0 Å². The molecule has 0 amide bonds. The molecule has 1 atom stereocenters. The molecule has 2 aliphatic rings. The molecule has 1 N–H and O–H groups in total. The highest BCUT2D eigenvalue weighted by Crippen LogP contribution is 2.35. The van der Waals surface area contributed by atoms with Crippen LogP contribution in [0.25, 0.3) is 5.52 Å². The molecule has 6 nitrogen and oxygen atoms in total. The summed E-state index contributed by atoms with van der Waals surface area (Å²) in [5.74, 6) is 0.999. The monoisotopic (exact) mass is 344 g/mol. The van der Waals surface area contributed by atoms with Gasteiger partial charge in [0.1, 0.15) is 0 Å². The number of hydrogen-bond acceptors (Lipinski definition) is 5. The molecule has 25 heavy (non-hydrogen) atoms. The van der Waals surface area contributed by atoms with Crippen LogP contribution in [0.15, 0.2) is 24.5 Å². The lowest BCUT2D eigenvalue weighted by Gasteiger charge is -2.37. The van der Waals surface area contributed by atoms with Crippen LogP contribution in [0.1, 0.15) is 37.4 Å². The highest BCUT2D eigenvalue weighted by molar-refractivity contribution is 5.69. The molecule has 6 heteroatoms. The summed E-state index contributed by atoms with van der Waals surface area (Å²) in [6, 6.07) is 4.44.